The lowest BCUT2D eigenvalue weighted by molar-refractivity contribution is -0.145. The van der Waals surface area contributed by atoms with Crippen LogP contribution in [-0.4, -0.2) is 79.6 Å². The number of amides is 5. The third-order valence-corrected chi connectivity index (χ3v) is 12.3. The van der Waals surface area contributed by atoms with Crippen molar-refractivity contribution in [2.75, 3.05) is 13.1 Å². The Morgan fingerprint density at radius 2 is 1.62 bits per heavy atom. The largest absolute Gasteiger partial charge is 0.363 e. The number of piperidine rings is 1. The van der Waals surface area contributed by atoms with Crippen molar-refractivity contribution in [2.24, 2.45) is 34.3 Å². The van der Waals surface area contributed by atoms with Crippen molar-refractivity contribution < 1.29 is 32.4 Å². The molecule has 13 nitrogen and oxygen atoms in total. The predicted octanol–water partition coefficient (Wildman–Crippen LogP) is 1.81. The first-order chi connectivity index (χ1) is 22.4. The van der Waals surface area contributed by atoms with Crippen LogP contribution in [0.2, 0.25) is 0 Å². The molecule has 48 heavy (non-hydrogen) atoms. The van der Waals surface area contributed by atoms with E-state index in [1.165, 1.54) is 17.0 Å². The van der Waals surface area contributed by atoms with Crippen molar-refractivity contribution in [3.05, 3.63) is 30.3 Å². The van der Waals surface area contributed by atoms with Crippen LogP contribution in [-0.2, 0) is 29.2 Å². The Labute approximate surface area is 282 Å². The minimum Gasteiger partial charge on any atom is -0.363 e. The van der Waals surface area contributed by atoms with Crippen LogP contribution in [0.3, 0.4) is 0 Å². The molecule has 3 saturated carbocycles. The van der Waals surface area contributed by atoms with Gasteiger partial charge in [0.2, 0.25) is 27.6 Å². The van der Waals surface area contributed by atoms with E-state index in [9.17, 15) is 32.4 Å². The van der Waals surface area contributed by atoms with E-state index < -0.39 is 68.6 Å². The minimum atomic E-state index is -3.81. The van der Waals surface area contributed by atoms with Gasteiger partial charge in [0.1, 0.15) is 12.1 Å². The first-order valence-corrected chi connectivity index (χ1v) is 18.4. The summed E-state index contributed by atoms with van der Waals surface area (Å²) in [5.74, 6) is -2.76. The quantitative estimate of drug-likeness (QED) is 0.195. The second-order valence-corrected chi connectivity index (χ2v) is 17.6. The summed E-state index contributed by atoms with van der Waals surface area (Å²) < 4.78 is 28.6. The van der Waals surface area contributed by atoms with Crippen LogP contribution >= 0.6 is 0 Å². The highest BCUT2D eigenvalue weighted by Gasteiger charge is 2.70. The normalized spacial score (nSPS) is 25.4. The van der Waals surface area contributed by atoms with E-state index in [4.69, 9.17) is 5.73 Å². The number of likely N-dealkylation sites (tertiary alicyclic amines) is 1. The highest BCUT2D eigenvalue weighted by Crippen LogP contribution is 2.65. The molecule has 1 aliphatic heterocycles. The van der Waals surface area contributed by atoms with E-state index in [0.717, 1.165) is 25.7 Å². The number of carbonyl (C=O) groups is 5. The van der Waals surface area contributed by atoms with Gasteiger partial charge in [-0.1, -0.05) is 78.5 Å². The van der Waals surface area contributed by atoms with Crippen molar-refractivity contribution in [3.8, 4) is 0 Å². The average molecular weight is 687 g/mol. The minimum absolute atomic E-state index is 0.00929. The monoisotopic (exact) mass is 686 g/mol. The van der Waals surface area contributed by atoms with Gasteiger partial charge in [-0.05, 0) is 60.0 Å². The lowest BCUT2D eigenvalue weighted by Crippen LogP contribution is -2.63. The molecular weight excluding hydrogens is 636 g/mol. The zero-order chi connectivity index (χ0) is 35.2. The molecule has 0 spiro atoms. The van der Waals surface area contributed by atoms with Gasteiger partial charge in [-0.2, -0.15) is 0 Å². The Morgan fingerprint density at radius 3 is 2.19 bits per heavy atom. The number of hydrogen-bond donors (Lipinski definition) is 5. The van der Waals surface area contributed by atoms with E-state index in [1.54, 1.807) is 18.2 Å². The topological polar surface area (TPSA) is 197 Å². The Kier molecular flexibility index (Phi) is 9.74. The number of sulfonamides is 1. The molecule has 5 atom stereocenters. The van der Waals surface area contributed by atoms with Crippen molar-refractivity contribution >= 4 is 39.6 Å². The van der Waals surface area contributed by atoms with Gasteiger partial charge >= 0.3 is 6.03 Å². The molecule has 1 unspecified atom stereocenters. The molecule has 264 valence electrons. The van der Waals surface area contributed by atoms with Gasteiger partial charge in [-0.15, -0.1) is 0 Å². The fourth-order valence-corrected chi connectivity index (χ4v) is 8.85. The molecule has 0 radical (unpaired) electrons. The average Bonchev–Trinajstić information content (AvgIpc) is 3.76. The maximum Gasteiger partial charge on any atom is 0.315 e. The number of nitrogens with one attached hydrogen (secondary N) is 4. The maximum atomic E-state index is 14.3. The number of benzene rings is 1. The molecule has 4 fully saturated rings. The predicted molar refractivity (Wildman–Crippen MR) is 177 cm³/mol. The van der Waals surface area contributed by atoms with Crippen molar-refractivity contribution in [1.29, 1.82) is 0 Å². The number of nitrogens with two attached hydrogens (primary N) is 1. The van der Waals surface area contributed by atoms with Crippen LogP contribution in [0, 0.1) is 28.6 Å². The lowest BCUT2D eigenvalue weighted by atomic mass is 9.85. The summed E-state index contributed by atoms with van der Waals surface area (Å²) in [4.78, 5) is 67.9. The van der Waals surface area contributed by atoms with E-state index in [0.29, 0.717) is 25.8 Å². The third kappa shape index (κ3) is 7.54. The molecule has 0 bridgehead atoms. The first-order valence-electron chi connectivity index (χ1n) is 16.9. The van der Waals surface area contributed by atoms with Crippen molar-refractivity contribution in [2.45, 2.75) is 108 Å². The number of ketones is 1. The van der Waals surface area contributed by atoms with Gasteiger partial charge in [0.15, 0.2) is 0 Å². The summed E-state index contributed by atoms with van der Waals surface area (Å²) in [5, 5.41) is 8.62. The first kappa shape index (κ1) is 35.8. The Morgan fingerprint density at radius 1 is 1.00 bits per heavy atom. The van der Waals surface area contributed by atoms with E-state index in [2.05, 4.69) is 20.7 Å². The summed E-state index contributed by atoms with van der Waals surface area (Å²) in [6.07, 6.45) is 4.86. The molecule has 6 N–H and O–H groups in total. The molecule has 4 aliphatic rings. The molecule has 1 aromatic rings. The number of urea groups is 1. The van der Waals surface area contributed by atoms with Crippen LogP contribution < -0.4 is 26.4 Å². The summed E-state index contributed by atoms with van der Waals surface area (Å²) in [6.45, 7) is 9.85. The molecule has 1 heterocycles. The summed E-state index contributed by atoms with van der Waals surface area (Å²) >= 11 is 0. The number of carbonyl (C=O) groups excluding carboxylic acids is 5. The summed E-state index contributed by atoms with van der Waals surface area (Å²) in [6, 6.07) is 4.45. The maximum absolute atomic E-state index is 14.3. The van der Waals surface area contributed by atoms with Crippen LogP contribution in [0.15, 0.2) is 35.2 Å². The number of hydrogen-bond acceptors (Lipinski definition) is 7. The highest BCUT2D eigenvalue weighted by molar-refractivity contribution is 7.89. The van der Waals surface area contributed by atoms with Crippen LogP contribution in [0.1, 0.15) is 79.6 Å². The van der Waals surface area contributed by atoms with Crippen LogP contribution in [0.5, 0.6) is 0 Å². The smallest absolute Gasteiger partial charge is 0.315 e. The van der Waals surface area contributed by atoms with Gasteiger partial charge in [0.05, 0.1) is 16.5 Å². The number of nitrogens with zero attached hydrogens (tertiary/aromatic N) is 1. The van der Waals surface area contributed by atoms with E-state index in [1.807, 2.05) is 34.6 Å². The van der Waals surface area contributed by atoms with Gasteiger partial charge in [-0.3, -0.25) is 19.2 Å². The second-order valence-electron chi connectivity index (χ2n) is 15.9. The summed E-state index contributed by atoms with van der Waals surface area (Å²) in [7, 11) is -3.81. The van der Waals surface area contributed by atoms with Crippen LogP contribution in [0.4, 0.5) is 4.79 Å². The molecular formula is C34H50N6O7S. The van der Waals surface area contributed by atoms with Crippen molar-refractivity contribution in [3.63, 3.8) is 0 Å². The van der Waals surface area contributed by atoms with Gasteiger partial charge in [-0.25, -0.2) is 17.9 Å². The zero-order valence-electron chi connectivity index (χ0n) is 28.5. The molecule has 1 saturated heterocycles. The standard InChI is InChI=1S/C34H50N6O7S/c1-32(2,3)27(38-31(45)39-34(15-9-10-16-34)19-36-48(46,47)21-11-7-6-8-12-21)30(44)40-18-22-24(33(22,4)5)25(40)29(43)37-23(17-20-13-14-20)26(41)28(35)42/h6-8,11-12,20,22-25,27,36H,9-10,13-19H2,1-5H3,(H2,35,42)(H,37,43)(H2,38,39,45)/t22-,23?,24-,25-,27+/m0/s1. The fraction of sp³-hybridized carbons (Fsp3) is 0.676. The van der Waals surface area contributed by atoms with Gasteiger partial charge in [0, 0.05) is 13.1 Å². The number of Topliss-reactive ketones (excluding diaryl/α,β-unsaturated/α-hetero) is 1. The number of rotatable bonds is 13. The molecule has 5 rings (SSSR count). The lowest BCUT2D eigenvalue weighted by Gasteiger charge is -2.39. The SMILES string of the molecule is CC(C)(C)[C@H](NC(=O)NC1(CNS(=O)(=O)c2ccccc2)CCCC1)C(=O)N1C[C@H]2[C@@H]([C@H]1C(=O)NC(CC1CC1)C(=O)C(N)=O)C2(C)C. The Bertz CT molecular complexity index is 1550. The van der Waals surface area contributed by atoms with Crippen LogP contribution in [0.25, 0.3) is 0 Å². The highest BCUT2D eigenvalue weighted by atomic mass is 32.2. The Balaban J connectivity index is 1.30. The summed E-state index contributed by atoms with van der Waals surface area (Å²) in [5.41, 5.74) is 3.49. The third-order valence-electron chi connectivity index (χ3n) is 10.9. The molecule has 0 aromatic heterocycles. The zero-order valence-corrected chi connectivity index (χ0v) is 29.3. The number of primary amides is 1. The molecule has 5 amide bonds. The number of fused-ring (bicyclic) bond motifs is 1. The second kappa shape index (κ2) is 13.1. The molecule has 1 aromatic carbocycles. The fourth-order valence-electron chi connectivity index (χ4n) is 7.70. The van der Waals surface area contributed by atoms with E-state index in [-0.39, 0.29) is 34.6 Å². The van der Waals surface area contributed by atoms with Crippen molar-refractivity contribution in [1.82, 2.24) is 25.6 Å². The van der Waals surface area contributed by atoms with E-state index >= 15 is 0 Å². The van der Waals surface area contributed by atoms with Gasteiger partial charge < -0.3 is 26.6 Å². The Hall–Kier alpha value is -3.52. The molecule has 3 aliphatic carbocycles. The molecule has 14 heteroatoms. The van der Waals surface area contributed by atoms with Gasteiger partial charge in [0.25, 0.3) is 5.91 Å².